The first-order valence-corrected chi connectivity index (χ1v) is 7.74. The number of carbonyl (C=O) groups excluding carboxylic acids is 2. The van der Waals surface area contributed by atoms with Gasteiger partial charge >= 0.3 is 5.97 Å². The summed E-state index contributed by atoms with van der Waals surface area (Å²) < 4.78 is 26.0. The molecule has 1 saturated heterocycles. The highest BCUT2D eigenvalue weighted by Gasteiger charge is 2.35. The lowest BCUT2D eigenvalue weighted by Crippen LogP contribution is -2.70. The number of carbonyl (C=O) groups is 3. The van der Waals surface area contributed by atoms with Crippen molar-refractivity contribution in [3.05, 3.63) is 35.4 Å². The molecule has 0 bridgehead atoms. The zero-order valence-corrected chi connectivity index (χ0v) is 12.9. The molecule has 24 heavy (non-hydrogen) atoms. The monoisotopic (exact) mass is 360 g/mol. The van der Waals surface area contributed by atoms with Crippen LogP contribution in [0.3, 0.4) is 0 Å². The van der Waals surface area contributed by atoms with E-state index in [0.717, 1.165) is 23.9 Å². The molecule has 0 spiro atoms. The zero-order valence-electron chi connectivity index (χ0n) is 12.1. The summed E-state index contributed by atoms with van der Waals surface area (Å²) in [4.78, 5) is 34.5. The summed E-state index contributed by atoms with van der Waals surface area (Å²) in [6.07, 6.45) is -0.987. The number of carboxylic acid groups (broad SMARTS) is 1. The predicted molar refractivity (Wildman–Crippen MR) is 80.7 cm³/mol. The van der Waals surface area contributed by atoms with Crippen LogP contribution in [0, 0.1) is 11.6 Å². The Balaban J connectivity index is 1.99. The molecule has 2 rings (SSSR count). The van der Waals surface area contributed by atoms with Crippen molar-refractivity contribution in [2.75, 3.05) is 5.75 Å². The minimum Gasteiger partial charge on any atom is -0.481 e. The zero-order chi connectivity index (χ0) is 17.9. The van der Waals surface area contributed by atoms with Crippen LogP contribution in [-0.2, 0) is 9.59 Å². The molecule has 130 valence electrons. The average molecular weight is 360 g/mol. The van der Waals surface area contributed by atoms with Crippen LogP contribution in [0.25, 0.3) is 0 Å². The highest BCUT2D eigenvalue weighted by Crippen LogP contribution is 2.12. The summed E-state index contributed by atoms with van der Waals surface area (Å²) in [6, 6.07) is 1.41. The largest absolute Gasteiger partial charge is 0.481 e. The second kappa shape index (κ2) is 7.55. The van der Waals surface area contributed by atoms with E-state index in [-0.39, 0.29) is 11.3 Å². The third kappa shape index (κ3) is 4.40. The summed E-state index contributed by atoms with van der Waals surface area (Å²) in [5, 5.41) is 16.1. The molecule has 0 aromatic heterocycles. The maximum atomic E-state index is 13.2. The highest BCUT2D eigenvalue weighted by atomic mass is 32.2. The first-order chi connectivity index (χ1) is 11.3. The SMILES string of the molecule is NC1NC(SCC(=O)O)NC(=O)C1NC(=O)c1ccc(F)c(F)c1. The number of hydrogen-bond acceptors (Lipinski definition) is 6. The Labute approximate surface area is 139 Å². The van der Waals surface area contributed by atoms with Gasteiger partial charge in [-0.05, 0) is 18.2 Å². The van der Waals surface area contributed by atoms with E-state index in [2.05, 4.69) is 16.0 Å². The standard InChI is InChI=1S/C13H14F2N4O4S/c14-6-2-1-5(3-7(6)15)11(22)17-9-10(16)18-13(19-12(9)23)24-4-8(20)21/h1-3,9-10,13,18H,4,16H2,(H,17,22)(H,19,23)(H,20,21). The second-order valence-corrected chi connectivity index (χ2v) is 5.96. The van der Waals surface area contributed by atoms with E-state index in [0.29, 0.717) is 6.07 Å². The van der Waals surface area contributed by atoms with Crippen LogP contribution in [-0.4, -0.2) is 46.3 Å². The van der Waals surface area contributed by atoms with Crippen molar-refractivity contribution in [1.29, 1.82) is 0 Å². The quantitative estimate of drug-likeness (QED) is 0.463. The number of rotatable bonds is 5. The van der Waals surface area contributed by atoms with Gasteiger partial charge in [-0.2, -0.15) is 0 Å². The van der Waals surface area contributed by atoms with Gasteiger partial charge in [0.25, 0.3) is 5.91 Å². The molecule has 8 nitrogen and oxygen atoms in total. The summed E-state index contributed by atoms with van der Waals surface area (Å²) in [5.74, 6) is -5.03. The molecule has 0 radical (unpaired) electrons. The third-order valence-corrected chi connectivity index (χ3v) is 4.10. The lowest BCUT2D eigenvalue weighted by Gasteiger charge is -2.35. The number of thioether (sulfide) groups is 1. The number of aliphatic carboxylic acids is 1. The molecule has 1 fully saturated rings. The predicted octanol–water partition coefficient (Wildman–Crippen LogP) is -0.831. The number of nitrogens with one attached hydrogen (secondary N) is 3. The smallest absolute Gasteiger partial charge is 0.313 e. The van der Waals surface area contributed by atoms with Gasteiger partial charge in [-0.25, -0.2) is 8.78 Å². The van der Waals surface area contributed by atoms with Gasteiger partial charge in [0.1, 0.15) is 11.5 Å². The van der Waals surface area contributed by atoms with E-state index >= 15 is 0 Å². The molecule has 1 aromatic carbocycles. The lowest BCUT2D eigenvalue weighted by atomic mass is 10.1. The molecule has 1 aromatic rings. The fourth-order valence-electron chi connectivity index (χ4n) is 1.96. The van der Waals surface area contributed by atoms with Gasteiger partial charge in [0.05, 0.1) is 11.9 Å². The van der Waals surface area contributed by atoms with Crippen molar-refractivity contribution in [2.45, 2.75) is 17.7 Å². The van der Waals surface area contributed by atoms with E-state index < -0.39 is 47.1 Å². The van der Waals surface area contributed by atoms with Crippen LogP contribution in [0.15, 0.2) is 18.2 Å². The summed E-state index contributed by atoms with van der Waals surface area (Å²) in [6.45, 7) is 0. The van der Waals surface area contributed by atoms with E-state index in [1.54, 1.807) is 0 Å². The van der Waals surface area contributed by atoms with E-state index in [9.17, 15) is 23.2 Å². The molecule has 3 unspecified atom stereocenters. The van der Waals surface area contributed by atoms with Crippen LogP contribution in [0.1, 0.15) is 10.4 Å². The normalized spacial score (nSPS) is 23.5. The summed E-state index contributed by atoms with van der Waals surface area (Å²) in [7, 11) is 0. The Morgan fingerprint density at radius 2 is 2.04 bits per heavy atom. The van der Waals surface area contributed by atoms with Gasteiger partial charge in [0.15, 0.2) is 11.6 Å². The average Bonchev–Trinajstić information content (AvgIpc) is 2.51. The number of carboxylic acids is 1. The van der Waals surface area contributed by atoms with Crippen LogP contribution >= 0.6 is 11.8 Å². The Hall–Kier alpha value is -2.24. The Morgan fingerprint density at radius 1 is 1.33 bits per heavy atom. The van der Waals surface area contributed by atoms with Crippen LogP contribution < -0.4 is 21.7 Å². The van der Waals surface area contributed by atoms with Crippen molar-refractivity contribution in [3.63, 3.8) is 0 Å². The Morgan fingerprint density at radius 3 is 2.62 bits per heavy atom. The van der Waals surface area contributed by atoms with E-state index in [1.165, 1.54) is 0 Å². The molecule has 0 saturated carbocycles. The van der Waals surface area contributed by atoms with E-state index in [4.69, 9.17) is 10.8 Å². The van der Waals surface area contributed by atoms with Crippen LogP contribution in [0.5, 0.6) is 0 Å². The topological polar surface area (TPSA) is 134 Å². The molecule has 6 N–H and O–H groups in total. The van der Waals surface area contributed by atoms with E-state index in [1.807, 2.05) is 0 Å². The van der Waals surface area contributed by atoms with Crippen LogP contribution in [0.2, 0.25) is 0 Å². The van der Waals surface area contributed by atoms with Gasteiger partial charge in [-0.15, -0.1) is 11.8 Å². The van der Waals surface area contributed by atoms with Crippen molar-refractivity contribution in [2.24, 2.45) is 5.73 Å². The molecular weight excluding hydrogens is 346 g/mol. The maximum absolute atomic E-state index is 13.2. The first kappa shape index (κ1) is 18.1. The molecule has 11 heteroatoms. The van der Waals surface area contributed by atoms with Crippen molar-refractivity contribution < 1.29 is 28.3 Å². The highest BCUT2D eigenvalue weighted by molar-refractivity contribution is 8.00. The molecular formula is C13H14F2N4O4S. The molecule has 1 aliphatic rings. The fourth-order valence-corrected chi connectivity index (χ4v) is 2.72. The fraction of sp³-hybridized carbons (Fsp3) is 0.308. The number of benzene rings is 1. The second-order valence-electron chi connectivity index (χ2n) is 4.87. The third-order valence-electron chi connectivity index (χ3n) is 3.10. The van der Waals surface area contributed by atoms with Crippen molar-refractivity contribution in [3.8, 4) is 0 Å². The number of nitrogens with two attached hydrogens (primary N) is 1. The number of halogens is 2. The van der Waals surface area contributed by atoms with Gasteiger partial charge in [0.2, 0.25) is 5.91 Å². The molecule has 1 aliphatic heterocycles. The Kier molecular flexibility index (Phi) is 5.70. The van der Waals surface area contributed by atoms with Gasteiger partial charge in [-0.3, -0.25) is 19.7 Å². The lowest BCUT2D eigenvalue weighted by molar-refractivity contribution is -0.134. The van der Waals surface area contributed by atoms with Crippen molar-refractivity contribution >= 4 is 29.5 Å². The molecule has 0 aliphatic carbocycles. The van der Waals surface area contributed by atoms with Gasteiger partial charge < -0.3 is 21.5 Å². The summed E-state index contributed by atoms with van der Waals surface area (Å²) >= 11 is 0.907. The summed E-state index contributed by atoms with van der Waals surface area (Å²) in [5.41, 5.74) is 4.87. The minimum atomic E-state index is -1.19. The maximum Gasteiger partial charge on any atom is 0.313 e. The molecule has 1 heterocycles. The molecule has 3 atom stereocenters. The first-order valence-electron chi connectivity index (χ1n) is 6.69. The van der Waals surface area contributed by atoms with Gasteiger partial charge in [0, 0.05) is 5.56 Å². The Bertz CT molecular complexity index is 675. The van der Waals surface area contributed by atoms with Gasteiger partial charge in [-0.1, -0.05) is 0 Å². The minimum absolute atomic E-state index is 0.170. The number of hydrogen-bond donors (Lipinski definition) is 5. The van der Waals surface area contributed by atoms with Crippen LogP contribution in [0.4, 0.5) is 8.78 Å². The number of amides is 2. The van der Waals surface area contributed by atoms with Crippen molar-refractivity contribution in [1.82, 2.24) is 16.0 Å². The molecule has 2 amide bonds.